The van der Waals surface area contributed by atoms with Gasteiger partial charge in [0.2, 0.25) is 11.8 Å². The van der Waals surface area contributed by atoms with Crippen molar-refractivity contribution in [3.8, 4) is 0 Å². The third-order valence-corrected chi connectivity index (χ3v) is 4.09. The van der Waals surface area contributed by atoms with Gasteiger partial charge in [-0.05, 0) is 30.0 Å². The number of hydrogen-bond acceptors (Lipinski definition) is 4. The Hall–Kier alpha value is -2.54. The van der Waals surface area contributed by atoms with Crippen molar-refractivity contribution in [1.82, 2.24) is 0 Å². The van der Waals surface area contributed by atoms with E-state index in [9.17, 15) is 14.8 Å². The number of nitrogens with two attached hydrogens (primary N) is 1. The minimum Gasteiger partial charge on any atom is -0.618 e. The van der Waals surface area contributed by atoms with Gasteiger partial charge in [-0.15, -0.1) is 0 Å². The van der Waals surface area contributed by atoms with E-state index in [1.807, 2.05) is 18.2 Å². The summed E-state index contributed by atoms with van der Waals surface area (Å²) in [7, 11) is 0. The molecule has 120 valence electrons. The number of thioether (sulfide) groups is 1. The predicted octanol–water partition coefficient (Wildman–Crippen LogP) is 1.32. The van der Waals surface area contributed by atoms with Crippen molar-refractivity contribution in [3.63, 3.8) is 0 Å². The maximum Gasteiger partial charge on any atom is 0.251 e. The SMILES string of the molecule is NC(=O)CCN(C(=O)CSc1cccc[n+]1[O-])c1ccccc1. The third kappa shape index (κ3) is 5.00. The quantitative estimate of drug-likeness (QED) is 0.471. The summed E-state index contributed by atoms with van der Waals surface area (Å²) in [5, 5.41) is 12.0. The number of rotatable bonds is 7. The van der Waals surface area contributed by atoms with Crippen molar-refractivity contribution >= 4 is 29.3 Å². The normalized spacial score (nSPS) is 10.3. The Kier molecular flexibility index (Phi) is 5.99. The summed E-state index contributed by atoms with van der Waals surface area (Å²) >= 11 is 1.16. The van der Waals surface area contributed by atoms with Gasteiger partial charge in [-0.1, -0.05) is 18.2 Å². The van der Waals surface area contributed by atoms with Crippen molar-refractivity contribution in [1.29, 1.82) is 0 Å². The van der Waals surface area contributed by atoms with Crippen LogP contribution in [-0.2, 0) is 9.59 Å². The maximum absolute atomic E-state index is 12.5. The zero-order valence-electron chi connectivity index (χ0n) is 12.4. The molecule has 2 N–H and O–H groups in total. The zero-order valence-corrected chi connectivity index (χ0v) is 13.2. The molecule has 0 unspecified atom stereocenters. The average Bonchev–Trinajstić information content (AvgIpc) is 2.55. The highest BCUT2D eigenvalue weighted by molar-refractivity contribution is 7.99. The number of nitrogens with zero attached hydrogens (tertiary/aromatic N) is 2. The smallest absolute Gasteiger partial charge is 0.251 e. The van der Waals surface area contributed by atoms with E-state index < -0.39 is 5.91 Å². The number of primary amides is 1. The van der Waals surface area contributed by atoms with Crippen LogP contribution in [0.5, 0.6) is 0 Å². The second-order valence-corrected chi connectivity index (χ2v) is 5.75. The first-order valence-corrected chi connectivity index (χ1v) is 8.01. The number of para-hydroxylation sites is 1. The molecule has 0 fully saturated rings. The van der Waals surface area contributed by atoms with E-state index in [1.54, 1.807) is 30.3 Å². The zero-order chi connectivity index (χ0) is 16.7. The molecular weight excluding hydrogens is 314 g/mol. The molecule has 1 heterocycles. The Balaban J connectivity index is 2.07. The van der Waals surface area contributed by atoms with Crippen LogP contribution in [0.25, 0.3) is 0 Å². The van der Waals surface area contributed by atoms with Crippen LogP contribution in [0.2, 0.25) is 0 Å². The van der Waals surface area contributed by atoms with Crippen LogP contribution in [0.15, 0.2) is 59.8 Å². The molecule has 1 aromatic carbocycles. The minimum absolute atomic E-state index is 0.0815. The van der Waals surface area contributed by atoms with E-state index in [0.717, 1.165) is 11.8 Å². The lowest BCUT2D eigenvalue weighted by atomic mass is 10.2. The summed E-state index contributed by atoms with van der Waals surface area (Å²) in [5.74, 6) is -0.557. The Bertz CT molecular complexity index is 679. The molecular formula is C16H17N3O3S. The van der Waals surface area contributed by atoms with Gasteiger partial charge in [0.15, 0.2) is 6.20 Å². The second-order valence-electron chi connectivity index (χ2n) is 4.75. The van der Waals surface area contributed by atoms with Crippen molar-refractivity contribution in [3.05, 3.63) is 59.9 Å². The summed E-state index contributed by atoms with van der Waals surface area (Å²) in [6.45, 7) is 0.213. The second kappa shape index (κ2) is 8.19. The fourth-order valence-electron chi connectivity index (χ4n) is 1.97. The first-order chi connectivity index (χ1) is 11.1. The first-order valence-electron chi connectivity index (χ1n) is 7.02. The van der Waals surface area contributed by atoms with Crippen LogP contribution in [0.1, 0.15) is 6.42 Å². The first kappa shape index (κ1) is 16.8. The molecule has 23 heavy (non-hydrogen) atoms. The van der Waals surface area contributed by atoms with Crippen LogP contribution in [0, 0.1) is 5.21 Å². The van der Waals surface area contributed by atoms with E-state index in [-0.39, 0.29) is 24.6 Å². The predicted molar refractivity (Wildman–Crippen MR) is 88.7 cm³/mol. The van der Waals surface area contributed by atoms with Crippen molar-refractivity contribution < 1.29 is 14.3 Å². The summed E-state index contributed by atoms with van der Waals surface area (Å²) in [5.41, 5.74) is 5.87. The van der Waals surface area contributed by atoms with Gasteiger partial charge in [0.25, 0.3) is 5.03 Å². The van der Waals surface area contributed by atoms with E-state index >= 15 is 0 Å². The number of carbonyl (C=O) groups excluding carboxylic acids is 2. The molecule has 0 aliphatic rings. The number of amides is 2. The van der Waals surface area contributed by atoms with E-state index in [0.29, 0.717) is 15.4 Å². The highest BCUT2D eigenvalue weighted by atomic mass is 32.2. The Morgan fingerprint density at radius 1 is 1.13 bits per heavy atom. The number of aromatic nitrogens is 1. The average molecular weight is 331 g/mol. The van der Waals surface area contributed by atoms with Crippen LogP contribution < -0.4 is 15.4 Å². The van der Waals surface area contributed by atoms with E-state index in [1.165, 1.54) is 11.1 Å². The number of pyridine rings is 1. The monoisotopic (exact) mass is 331 g/mol. The topological polar surface area (TPSA) is 90.3 Å². The van der Waals surface area contributed by atoms with Crippen LogP contribution in [0.3, 0.4) is 0 Å². The molecule has 0 aliphatic heterocycles. The Morgan fingerprint density at radius 3 is 2.48 bits per heavy atom. The lowest BCUT2D eigenvalue weighted by molar-refractivity contribution is -0.645. The summed E-state index contributed by atoms with van der Waals surface area (Å²) in [6.07, 6.45) is 1.47. The molecule has 0 saturated carbocycles. The molecule has 0 saturated heterocycles. The van der Waals surface area contributed by atoms with E-state index in [2.05, 4.69) is 0 Å². The molecule has 6 nitrogen and oxygen atoms in total. The maximum atomic E-state index is 12.5. The van der Waals surface area contributed by atoms with Gasteiger partial charge in [0, 0.05) is 30.8 Å². The molecule has 0 aliphatic carbocycles. The highest BCUT2D eigenvalue weighted by Crippen LogP contribution is 2.18. The Morgan fingerprint density at radius 2 is 1.83 bits per heavy atom. The van der Waals surface area contributed by atoms with Crippen molar-refractivity contribution in [2.24, 2.45) is 5.73 Å². The van der Waals surface area contributed by atoms with Gasteiger partial charge >= 0.3 is 0 Å². The number of carbonyl (C=O) groups is 2. The number of anilines is 1. The third-order valence-electron chi connectivity index (χ3n) is 3.08. The lowest BCUT2D eigenvalue weighted by Crippen LogP contribution is -2.36. The summed E-state index contributed by atoms with van der Waals surface area (Å²) in [6, 6.07) is 14.1. The summed E-state index contributed by atoms with van der Waals surface area (Å²) < 4.78 is 0.716. The fourth-order valence-corrected chi connectivity index (χ4v) is 2.76. The minimum atomic E-state index is -0.466. The molecule has 1 aromatic heterocycles. The number of hydrogen-bond donors (Lipinski definition) is 1. The molecule has 0 spiro atoms. The van der Waals surface area contributed by atoms with Crippen molar-refractivity contribution in [2.75, 3.05) is 17.2 Å². The lowest BCUT2D eigenvalue weighted by Gasteiger charge is -2.22. The van der Waals surface area contributed by atoms with Gasteiger partial charge in [0.05, 0.1) is 5.75 Å². The Labute approximate surface area is 138 Å². The largest absolute Gasteiger partial charge is 0.618 e. The molecule has 2 amide bonds. The summed E-state index contributed by atoms with van der Waals surface area (Å²) in [4.78, 5) is 25.0. The van der Waals surface area contributed by atoms with Gasteiger partial charge in [-0.25, -0.2) is 0 Å². The molecule has 7 heteroatoms. The molecule has 0 bridgehead atoms. The highest BCUT2D eigenvalue weighted by Gasteiger charge is 2.18. The molecule has 0 atom stereocenters. The van der Waals surface area contributed by atoms with Crippen LogP contribution in [-0.4, -0.2) is 24.1 Å². The molecule has 2 rings (SSSR count). The standard InChI is InChI=1S/C16H17N3O3S/c17-14(20)9-11-18(13-6-2-1-3-7-13)15(21)12-23-16-8-4-5-10-19(16)22/h1-8,10H,9,11-12H2,(H2,17,20). The molecule has 2 aromatic rings. The van der Waals surface area contributed by atoms with Crippen molar-refractivity contribution in [2.45, 2.75) is 11.4 Å². The molecule has 0 radical (unpaired) electrons. The van der Waals surface area contributed by atoms with Crippen LogP contribution in [0.4, 0.5) is 5.69 Å². The van der Waals surface area contributed by atoms with Gasteiger partial charge in [0.1, 0.15) is 0 Å². The fraction of sp³-hybridized carbons (Fsp3) is 0.188. The number of benzene rings is 1. The van der Waals surface area contributed by atoms with Gasteiger partial charge < -0.3 is 15.8 Å². The van der Waals surface area contributed by atoms with Gasteiger partial charge in [-0.2, -0.15) is 4.73 Å². The van der Waals surface area contributed by atoms with Gasteiger partial charge in [-0.3, -0.25) is 9.59 Å². The van der Waals surface area contributed by atoms with Crippen LogP contribution >= 0.6 is 11.8 Å². The van der Waals surface area contributed by atoms with E-state index in [4.69, 9.17) is 5.73 Å².